The van der Waals surface area contributed by atoms with Gasteiger partial charge in [0.2, 0.25) is 0 Å². The zero-order valence-corrected chi connectivity index (χ0v) is 16.3. The first-order valence-electron chi connectivity index (χ1n) is 9.04. The highest BCUT2D eigenvalue weighted by Crippen LogP contribution is 2.34. The number of nitrogens with one attached hydrogen (secondary N) is 1. The fraction of sp³-hybridized carbons (Fsp3) is 0.611. The Morgan fingerprint density at radius 1 is 1.50 bits per heavy atom. The van der Waals surface area contributed by atoms with Gasteiger partial charge in [-0.05, 0) is 39.2 Å². The molecule has 1 aliphatic rings. The van der Waals surface area contributed by atoms with Gasteiger partial charge in [0.15, 0.2) is 0 Å². The Labute approximate surface area is 157 Å². The van der Waals surface area contributed by atoms with Crippen molar-refractivity contribution >= 4 is 33.3 Å². The maximum Gasteiger partial charge on any atom is 0.264 e. The lowest BCUT2D eigenvalue weighted by Gasteiger charge is -2.25. The number of aliphatic hydroxyl groups is 1. The number of aryl methyl sites for hydroxylation is 1. The summed E-state index contributed by atoms with van der Waals surface area (Å²) in [5, 5.41) is 13.5. The second kappa shape index (κ2) is 8.28. The van der Waals surface area contributed by atoms with Gasteiger partial charge in [-0.2, -0.15) is 0 Å². The topological polar surface area (TPSA) is 87.6 Å². The van der Waals surface area contributed by atoms with E-state index in [2.05, 4.69) is 15.3 Å². The van der Waals surface area contributed by atoms with Gasteiger partial charge in [-0.15, -0.1) is 11.3 Å². The lowest BCUT2D eigenvalue weighted by molar-refractivity contribution is 0.0669. The molecule has 0 aliphatic carbocycles. The van der Waals surface area contributed by atoms with Crippen molar-refractivity contribution in [1.29, 1.82) is 0 Å². The van der Waals surface area contributed by atoms with Gasteiger partial charge in [-0.1, -0.05) is 0 Å². The number of hydrogen-bond acceptors (Lipinski definition) is 7. The van der Waals surface area contributed by atoms with Crippen LogP contribution in [0.5, 0.6) is 0 Å². The van der Waals surface area contributed by atoms with Crippen LogP contribution in [0.4, 0.5) is 5.82 Å². The lowest BCUT2D eigenvalue weighted by atomic mass is 10.1. The highest BCUT2D eigenvalue weighted by Gasteiger charge is 2.25. The smallest absolute Gasteiger partial charge is 0.264 e. The van der Waals surface area contributed by atoms with Gasteiger partial charge in [-0.25, -0.2) is 9.97 Å². The summed E-state index contributed by atoms with van der Waals surface area (Å²) in [6.07, 6.45) is 3.88. The number of ether oxygens (including phenoxy) is 1. The normalized spacial score (nSPS) is 17.2. The molecule has 0 radical (unpaired) electrons. The molecule has 142 valence electrons. The van der Waals surface area contributed by atoms with E-state index < -0.39 is 0 Å². The molecule has 2 aromatic rings. The second-order valence-electron chi connectivity index (χ2n) is 6.79. The molecule has 1 amide bonds. The number of amides is 1. The molecule has 2 aromatic heterocycles. The zero-order valence-electron chi connectivity index (χ0n) is 15.5. The van der Waals surface area contributed by atoms with Crippen molar-refractivity contribution in [1.82, 2.24) is 14.9 Å². The third-order valence-corrected chi connectivity index (χ3v) is 5.86. The fourth-order valence-electron chi connectivity index (χ4n) is 3.26. The van der Waals surface area contributed by atoms with E-state index in [1.807, 2.05) is 20.8 Å². The summed E-state index contributed by atoms with van der Waals surface area (Å²) < 4.78 is 5.66. The largest absolute Gasteiger partial charge is 0.395 e. The first kappa shape index (κ1) is 19.0. The molecule has 0 bridgehead atoms. The third-order valence-electron chi connectivity index (χ3n) is 4.67. The van der Waals surface area contributed by atoms with Crippen LogP contribution in [0.1, 0.15) is 41.9 Å². The summed E-state index contributed by atoms with van der Waals surface area (Å²) in [6.45, 7) is 7.62. The second-order valence-corrected chi connectivity index (χ2v) is 7.79. The number of nitrogens with zero attached hydrogens (tertiary/aromatic N) is 3. The molecule has 0 aromatic carbocycles. The summed E-state index contributed by atoms with van der Waals surface area (Å²) in [5.41, 5.74) is 0.883. The van der Waals surface area contributed by atoms with E-state index in [-0.39, 0.29) is 24.7 Å². The molecule has 3 heterocycles. The van der Waals surface area contributed by atoms with Crippen molar-refractivity contribution in [2.45, 2.75) is 45.8 Å². The highest BCUT2D eigenvalue weighted by atomic mass is 32.1. The average molecular weight is 378 g/mol. The minimum absolute atomic E-state index is 0.0162. The predicted molar refractivity (Wildman–Crippen MR) is 103 cm³/mol. The standard InChI is InChI=1S/C18H26N4O3S/c1-11(2)22(6-7-23)18(24)15-12(3)14-16(20-10-21-17(14)26-15)19-9-13-5-4-8-25-13/h10-11,13,23H,4-9H2,1-3H3,(H,19,20,21)/t13-/m1/s1. The van der Waals surface area contributed by atoms with Crippen LogP contribution in [-0.4, -0.2) is 64.3 Å². The van der Waals surface area contributed by atoms with Crippen molar-refractivity contribution < 1.29 is 14.6 Å². The van der Waals surface area contributed by atoms with Crippen molar-refractivity contribution in [3.63, 3.8) is 0 Å². The minimum Gasteiger partial charge on any atom is -0.395 e. The van der Waals surface area contributed by atoms with Gasteiger partial charge in [0, 0.05) is 25.7 Å². The maximum absolute atomic E-state index is 13.0. The van der Waals surface area contributed by atoms with Gasteiger partial charge in [0.1, 0.15) is 17.0 Å². The number of aliphatic hydroxyl groups excluding tert-OH is 1. The summed E-state index contributed by atoms with van der Waals surface area (Å²) in [7, 11) is 0. The van der Waals surface area contributed by atoms with Crippen LogP contribution in [0.15, 0.2) is 6.33 Å². The fourth-order valence-corrected chi connectivity index (χ4v) is 4.36. The van der Waals surface area contributed by atoms with Crippen molar-refractivity contribution in [3.05, 3.63) is 16.8 Å². The highest BCUT2D eigenvalue weighted by molar-refractivity contribution is 7.20. The number of thiophene rings is 1. The minimum atomic E-state index is -0.0698. The Morgan fingerprint density at radius 2 is 2.31 bits per heavy atom. The van der Waals surface area contributed by atoms with E-state index >= 15 is 0 Å². The number of carbonyl (C=O) groups excluding carboxylic acids is 1. The Bertz CT molecular complexity index is 771. The predicted octanol–water partition coefficient (Wildman–Crippen LogP) is 2.43. The van der Waals surface area contributed by atoms with Gasteiger partial charge >= 0.3 is 0 Å². The summed E-state index contributed by atoms with van der Waals surface area (Å²) >= 11 is 1.38. The Hall–Kier alpha value is -1.77. The van der Waals surface area contributed by atoms with E-state index in [0.717, 1.165) is 41.0 Å². The number of fused-ring (bicyclic) bond motifs is 1. The summed E-state index contributed by atoms with van der Waals surface area (Å²) in [6, 6.07) is 0.0162. The molecule has 0 unspecified atom stereocenters. The van der Waals surface area contributed by atoms with E-state index in [9.17, 15) is 9.90 Å². The average Bonchev–Trinajstić information content (AvgIpc) is 3.25. The van der Waals surface area contributed by atoms with Gasteiger partial charge in [0.05, 0.1) is 23.0 Å². The lowest BCUT2D eigenvalue weighted by Crippen LogP contribution is -2.38. The van der Waals surface area contributed by atoms with Crippen LogP contribution in [0.3, 0.4) is 0 Å². The summed E-state index contributed by atoms with van der Waals surface area (Å²) in [4.78, 5) is 24.9. The molecule has 2 N–H and O–H groups in total. The molecule has 7 nitrogen and oxygen atoms in total. The number of carbonyl (C=O) groups is 1. The SMILES string of the molecule is Cc1c(C(=O)N(CCO)C(C)C)sc2ncnc(NC[C@H]3CCCO3)c12. The molecule has 8 heteroatoms. The number of aromatic nitrogens is 2. The molecule has 1 fully saturated rings. The van der Waals surface area contributed by atoms with E-state index in [0.29, 0.717) is 18.0 Å². The molecule has 1 saturated heterocycles. The molecule has 1 aliphatic heterocycles. The molecule has 1 atom stereocenters. The molecule has 3 rings (SSSR count). The Kier molecular flexibility index (Phi) is 6.05. The van der Waals surface area contributed by atoms with Crippen molar-refractivity contribution in [2.24, 2.45) is 0 Å². The zero-order chi connectivity index (χ0) is 18.7. The molecule has 26 heavy (non-hydrogen) atoms. The van der Waals surface area contributed by atoms with Gasteiger partial charge in [-0.3, -0.25) is 4.79 Å². The first-order valence-corrected chi connectivity index (χ1v) is 9.86. The van der Waals surface area contributed by atoms with E-state index in [1.54, 1.807) is 4.90 Å². The van der Waals surface area contributed by atoms with E-state index in [4.69, 9.17) is 4.74 Å². The molecular formula is C18H26N4O3S. The number of anilines is 1. The third kappa shape index (κ3) is 3.82. The number of hydrogen-bond donors (Lipinski definition) is 2. The Morgan fingerprint density at radius 3 is 2.96 bits per heavy atom. The molecule has 0 spiro atoms. The first-order chi connectivity index (χ1) is 12.5. The van der Waals surface area contributed by atoms with Crippen LogP contribution in [0.2, 0.25) is 0 Å². The van der Waals surface area contributed by atoms with Crippen molar-refractivity contribution in [2.75, 3.05) is 31.6 Å². The van der Waals surface area contributed by atoms with Crippen molar-refractivity contribution in [3.8, 4) is 0 Å². The Balaban J connectivity index is 1.89. The van der Waals surface area contributed by atoms with Crippen LogP contribution >= 0.6 is 11.3 Å². The maximum atomic E-state index is 13.0. The van der Waals surface area contributed by atoms with Gasteiger partial charge in [0.25, 0.3) is 5.91 Å². The van der Waals surface area contributed by atoms with Crippen LogP contribution in [0, 0.1) is 6.92 Å². The molecular weight excluding hydrogens is 352 g/mol. The monoisotopic (exact) mass is 378 g/mol. The van der Waals surface area contributed by atoms with Crippen LogP contribution in [0.25, 0.3) is 10.2 Å². The van der Waals surface area contributed by atoms with Crippen LogP contribution in [-0.2, 0) is 4.74 Å². The quantitative estimate of drug-likeness (QED) is 0.769. The summed E-state index contributed by atoms with van der Waals surface area (Å²) in [5.74, 6) is 0.677. The van der Waals surface area contributed by atoms with E-state index in [1.165, 1.54) is 17.7 Å². The van der Waals surface area contributed by atoms with Gasteiger partial charge < -0.3 is 20.1 Å². The molecule has 0 saturated carbocycles. The van der Waals surface area contributed by atoms with Crippen LogP contribution < -0.4 is 5.32 Å². The number of rotatable bonds is 7.